The lowest BCUT2D eigenvalue weighted by Crippen LogP contribution is -2.17. The van der Waals surface area contributed by atoms with Gasteiger partial charge in [-0.1, -0.05) is 97.1 Å². The van der Waals surface area contributed by atoms with Crippen molar-refractivity contribution >= 4 is 18.3 Å². The van der Waals surface area contributed by atoms with E-state index >= 15 is 0 Å². The van der Waals surface area contributed by atoms with E-state index in [2.05, 4.69) is 58.5 Å². The van der Waals surface area contributed by atoms with Crippen molar-refractivity contribution in [2.75, 3.05) is 0 Å². The fourth-order valence-electron chi connectivity index (χ4n) is 3.64. The fourth-order valence-corrected chi connectivity index (χ4v) is 3.64. The molecule has 2 heterocycles. The Morgan fingerprint density at radius 3 is 1.50 bits per heavy atom. The van der Waals surface area contributed by atoms with Gasteiger partial charge in [0.2, 0.25) is 11.8 Å². The summed E-state index contributed by atoms with van der Waals surface area (Å²) in [5.74, 6) is 0.498. The predicted octanol–water partition coefficient (Wildman–Crippen LogP) is 7.35. The molecule has 180 valence electrons. The van der Waals surface area contributed by atoms with Gasteiger partial charge in [0, 0.05) is 23.5 Å². The highest BCUT2D eigenvalue weighted by Gasteiger charge is 2.15. The Balaban J connectivity index is 1.32. The summed E-state index contributed by atoms with van der Waals surface area (Å²) in [5.41, 5.74) is 3.95. The van der Waals surface area contributed by atoms with Gasteiger partial charge in [-0.05, 0) is 48.9 Å². The Labute approximate surface area is 211 Å². The standard InChI is InChI=1S/C31H28N2O3/c34-31(35-29-27(21-11-23-32-29)19-9-7-17-25-13-3-1-4-14-25)36-30-28(22-12-24-33-30)20-10-8-18-26-15-5-2-6-16-26/h1-8,11-18,21-24H,9-10,19-20H2/b17-7+,18-8+. The molecule has 0 aliphatic carbocycles. The van der Waals surface area contributed by atoms with Crippen molar-refractivity contribution < 1.29 is 14.3 Å². The van der Waals surface area contributed by atoms with Gasteiger partial charge >= 0.3 is 6.16 Å². The number of allylic oxidation sites excluding steroid dienone is 2. The first-order valence-electron chi connectivity index (χ1n) is 12.0. The lowest BCUT2D eigenvalue weighted by Gasteiger charge is -2.10. The van der Waals surface area contributed by atoms with Crippen LogP contribution in [0.25, 0.3) is 12.2 Å². The highest BCUT2D eigenvalue weighted by molar-refractivity contribution is 5.67. The fraction of sp³-hybridized carbons (Fsp3) is 0.129. The molecule has 2 aromatic heterocycles. The van der Waals surface area contributed by atoms with Gasteiger partial charge in [0.25, 0.3) is 0 Å². The molecule has 0 saturated carbocycles. The second kappa shape index (κ2) is 13.4. The monoisotopic (exact) mass is 476 g/mol. The molecule has 0 bridgehead atoms. The van der Waals surface area contributed by atoms with Gasteiger partial charge in [-0.2, -0.15) is 0 Å². The van der Waals surface area contributed by atoms with Crippen LogP contribution in [0.3, 0.4) is 0 Å². The number of ether oxygens (including phenoxy) is 2. The highest BCUT2D eigenvalue weighted by Crippen LogP contribution is 2.21. The molecular formula is C31H28N2O3. The molecule has 2 aromatic carbocycles. The number of nitrogens with zero attached hydrogens (tertiary/aromatic N) is 2. The second-order valence-electron chi connectivity index (χ2n) is 8.09. The topological polar surface area (TPSA) is 61.3 Å². The zero-order valence-corrected chi connectivity index (χ0v) is 20.0. The van der Waals surface area contributed by atoms with Crippen LogP contribution in [-0.4, -0.2) is 16.1 Å². The van der Waals surface area contributed by atoms with Crippen molar-refractivity contribution in [3.63, 3.8) is 0 Å². The minimum absolute atomic E-state index is 0.249. The largest absolute Gasteiger partial charge is 0.522 e. The molecule has 0 amide bonds. The van der Waals surface area contributed by atoms with Crippen molar-refractivity contribution in [1.82, 2.24) is 9.97 Å². The number of benzene rings is 2. The summed E-state index contributed by atoms with van der Waals surface area (Å²) < 4.78 is 10.9. The van der Waals surface area contributed by atoms with Crippen molar-refractivity contribution in [3.05, 3.63) is 132 Å². The van der Waals surface area contributed by atoms with Gasteiger partial charge in [-0.25, -0.2) is 14.8 Å². The zero-order valence-electron chi connectivity index (χ0n) is 20.0. The van der Waals surface area contributed by atoms with E-state index in [1.807, 2.05) is 60.7 Å². The third-order valence-electron chi connectivity index (χ3n) is 5.44. The number of aromatic nitrogens is 2. The van der Waals surface area contributed by atoms with Gasteiger partial charge in [0.05, 0.1) is 0 Å². The lowest BCUT2D eigenvalue weighted by molar-refractivity contribution is 0.147. The van der Waals surface area contributed by atoms with Crippen molar-refractivity contribution in [3.8, 4) is 11.8 Å². The molecule has 0 N–H and O–H groups in total. The quantitative estimate of drug-likeness (QED) is 0.224. The minimum Gasteiger partial charge on any atom is -0.375 e. The van der Waals surface area contributed by atoms with Gasteiger partial charge < -0.3 is 9.47 Å². The van der Waals surface area contributed by atoms with E-state index in [1.165, 1.54) is 0 Å². The van der Waals surface area contributed by atoms with E-state index in [4.69, 9.17) is 9.47 Å². The van der Waals surface area contributed by atoms with Gasteiger partial charge in [0.1, 0.15) is 0 Å². The maximum absolute atomic E-state index is 12.6. The molecule has 0 spiro atoms. The number of hydrogen-bond acceptors (Lipinski definition) is 5. The number of aryl methyl sites for hydroxylation is 2. The lowest BCUT2D eigenvalue weighted by atomic mass is 10.1. The van der Waals surface area contributed by atoms with Gasteiger partial charge in [-0.3, -0.25) is 0 Å². The number of rotatable bonds is 10. The molecule has 0 atom stereocenters. The third kappa shape index (κ3) is 7.77. The normalized spacial score (nSPS) is 11.1. The smallest absolute Gasteiger partial charge is 0.375 e. The first-order valence-corrected chi connectivity index (χ1v) is 12.0. The average Bonchev–Trinajstić information content (AvgIpc) is 2.92. The molecule has 0 unspecified atom stereocenters. The van der Waals surface area contributed by atoms with Gasteiger partial charge in [0.15, 0.2) is 0 Å². The van der Waals surface area contributed by atoms with E-state index in [1.54, 1.807) is 12.4 Å². The van der Waals surface area contributed by atoms with Crippen LogP contribution in [0.5, 0.6) is 11.8 Å². The van der Waals surface area contributed by atoms with E-state index < -0.39 is 6.16 Å². The Morgan fingerprint density at radius 1 is 0.611 bits per heavy atom. The molecule has 5 nitrogen and oxygen atoms in total. The molecule has 0 fully saturated rings. The Bertz CT molecular complexity index is 1200. The summed E-state index contributed by atoms with van der Waals surface area (Å²) in [4.78, 5) is 21.0. The first kappa shape index (κ1) is 24.6. The van der Waals surface area contributed by atoms with E-state index in [0.29, 0.717) is 12.8 Å². The van der Waals surface area contributed by atoms with Crippen LogP contribution in [0.15, 0.2) is 109 Å². The van der Waals surface area contributed by atoms with E-state index in [9.17, 15) is 4.79 Å². The van der Waals surface area contributed by atoms with Crippen molar-refractivity contribution in [2.24, 2.45) is 0 Å². The summed E-state index contributed by atoms with van der Waals surface area (Å²) in [5, 5.41) is 0. The minimum atomic E-state index is -0.852. The Morgan fingerprint density at radius 2 is 1.06 bits per heavy atom. The summed E-state index contributed by atoms with van der Waals surface area (Å²) in [6, 6.07) is 27.7. The maximum atomic E-state index is 12.6. The second-order valence-corrected chi connectivity index (χ2v) is 8.09. The zero-order chi connectivity index (χ0) is 24.8. The van der Waals surface area contributed by atoms with Crippen LogP contribution < -0.4 is 9.47 Å². The Hall–Kier alpha value is -4.51. The van der Waals surface area contributed by atoms with Crippen molar-refractivity contribution in [1.29, 1.82) is 0 Å². The summed E-state index contributed by atoms with van der Waals surface area (Å²) in [7, 11) is 0. The number of hydrogen-bond donors (Lipinski definition) is 0. The molecule has 5 heteroatoms. The molecule has 0 saturated heterocycles. The molecule has 4 rings (SSSR count). The molecule has 0 radical (unpaired) electrons. The summed E-state index contributed by atoms with van der Waals surface area (Å²) in [6.07, 6.45) is 13.6. The maximum Gasteiger partial charge on any atom is 0.522 e. The average molecular weight is 477 g/mol. The van der Waals surface area contributed by atoms with E-state index in [-0.39, 0.29) is 11.8 Å². The molecular weight excluding hydrogens is 448 g/mol. The van der Waals surface area contributed by atoms with Crippen LogP contribution in [0.4, 0.5) is 4.79 Å². The third-order valence-corrected chi connectivity index (χ3v) is 5.44. The number of carbonyl (C=O) groups excluding carboxylic acids is 1. The van der Waals surface area contributed by atoms with Crippen LogP contribution in [0.1, 0.15) is 35.1 Å². The molecule has 0 aliphatic heterocycles. The number of pyridine rings is 2. The van der Waals surface area contributed by atoms with Crippen LogP contribution >= 0.6 is 0 Å². The van der Waals surface area contributed by atoms with Gasteiger partial charge in [-0.15, -0.1) is 0 Å². The van der Waals surface area contributed by atoms with Crippen LogP contribution in [-0.2, 0) is 12.8 Å². The summed E-state index contributed by atoms with van der Waals surface area (Å²) in [6.45, 7) is 0. The van der Waals surface area contributed by atoms with E-state index in [0.717, 1.165) is 35.1 Å². The van der Waals surface area contributed by atoms with Crippen LogP contribution in [0.2, 0.25) is 0 Å². The molecule has 0 aliphatic rings. The number of carbonyl (C=O) groups is 1. The highest BCUT2D eigenvalue weighted by atomic mass is 16.7. The van der Waals surface area contributed by atoms with Crippen LogP contribution in [0, 0.1) is 0 Å². The Kier molecular flexibility index (Phi) is 9.16. The predicted molar refractivity (Wildman–Crippen MR) is 143 cm³/mol. The summed E-state index contributed by atoms with van der Waals surface area (Å²) >= 11 is 0. The molecule has 4 aromatic rings. The first-order chi connectivity index (χ1) is 17.8. The SMILES string of the molecule is O=C(Oc1ncccc1CC/C=C/c1ccccc1)Oc1ncccc1CC/C=C/c1ccccc1. The molecule has 36 heavy (non-hydrogen) atoms. The van der Waals surface area contributed by atoms with Crippen molar-refractivity contribution in [2.45, 2.75) is 25.7 Å².